The van der Waals surface area contributed by atoms with Gasteiger partial charge >= 0.3 is 0 Å². The highest BCUT2D eigenvalue weighted by Gasteiger charge is 2.24. The summed E-state index contributed by atoms with van der Waals surface area (Å²) < 4.78 is 11.1. The number of hydrogen-bond donors (Lipinski definition) is 1. The van der Waals surface area contributed by atoms with Gasteiger partial charge in [-0.05, 0) is 35.7 Å². The summed E-state index contributed by atoms with van der Waals surface area (Å²) in [5, 5.41) is 11.3. The number of ether oxygens (including phenoxy) is 2. The van der Waals surface area contributed by atoms with E-state index in [1.165, 1.54) is 28.7 Å². The Kier molecular flexibility index (Phi) is 6.91. The third-order valence-electron chi connectivity index (χ3n) is 4.97. The van der Waals surface area contributed by atoms with Gasteiger partial charge in [-0.15, -0.1) is 10.2 Å². The van der Waals surface area contributed by atoms with Gasteiger partial charge in [0.2, 0.25) is 16.9 Å². The number of thioether (sulfide) groups is 1. The lowest BCUT2D eigenvalue weighted by molar-refractivity contribution is -0.116. The fraction of sp³-hybridized carbons (Fsp3) is 0.273. The molecule has 0 atom stereocenters. The highest BCUT2D eigenvalue weighted by atomic mass is 32.2. The van der Waals surface area contributed by atoms with Gasteiger partial charge in [0, 0.05) is 12.2 Å². The van der Waals surface area contributed by atoms with Crippen LogP contribution in [0.3, 0.4) is 0 Å². The summed E-state index contributed by atoms with van der Waals surface area (Å²) in [6.45, 7) is 0.701. The van der Waals surface area contributed by atoms with Crippen molar-refractivity contribution in [1.29, 1.82) is 0 Å². The third kappa shape index (κ3) is 5.03. The number of carbonyl (C=O) groups is 2. The Balaban J connectivity index is 1.29. The van der Waals surface area contributed by atoms with Crippen molar-refractivity contribution in [3.63, 3.8) is 0 Å². The summed E-state index contributed by atoms with van der Waals surface area (Å²) in [5.74, 6) is 1.26. The van der Waals surface area contributed by atoms with Gasteiger partial charge in [-0.1, -0.05) is 47.4 Å². The van der Waals surface area contributed by atoms with E-state index in [0.717, 1.165) is 17.7 Å². The van der Waals surface area contributed by atoms with Gasteiger partial charge < -0.3 is 19.7 Å². The maximum Gasteiger partial charge on any atom is 0.237 e. The molecule has 0 unspecified atom stereocenters. The highest BCUT2D eigenvalue weighted by molar-refractivity contribution is 8.01. The molecule has 1 aliphatic heterocycles. The Labute approximate surface area is 193 Å². The van der Waals surface area contributed by atoms with Crippen LogP contribution in [0.5, 0.6) is 11.5 Å². The number of carbonyl (C=O) groups excluding carboxylic acids is 2. The molecule has 0 fully saturated rings. The molecular weight excluding hydrogens is 448 g/mol. The molecule has 0 saturated heterocycles. The Bertz CT molecular complexity index is 1130. The molecule has 0 bridgehead atoms. The maximum absolute atomic E-state index is 12.6. The zero-order chi connectivity index (χ0) is 22.5. The second-order valence-electron chi connectivity index (χ2n) is 7.00. The topological polar surface area (TPSA) is 93.7 Å². The highest BCUT2D eigenvalue weighted by Crippen LogP contribution is 2.31. The van der Waals surface area contributed by atoms with Gasteiger partial charge in [0.05, 0.1) is 26.4 Å². The molecular formula is C22H22N4O4S2. The Hall–Kier alpha value is -3.11. The molecule has 3 aromatic rings. The number of para-hydroxylation sites is 1. The quantitative estimate of drug-likeness (QED) is 0.398. The molecule has 10 heteroatoms. The lowest BCUT2D eigenvalue weighted by Crippen LogP contribution is -2.30. The number of hydrogen-bond acceptors (Lipinski definition) is 8. The molecule has 0 saturated carbocycles. The van der Waals surface area contributed by atoms with Crippen molar-refractivity contribution in [3.8, 4) is 11.5 Å². The Morgan fingerprint density at radius 3 is 2.75 bits per heavy atom. The van der Waals surface area contributed by atoms with Crippen LogP contribution in [0.1, 0.15) is 11.1 Å². The van der Waals surface area contributed by atoms with Crippen LogP contribution in [-0.2, 0) is 22.4 Å². The molecule has 0 aliphatic carbocycles. The molecule has 2 heterocycles. The Morgan fingerprint density at radius 2 is 1.94 bits per heavy atom. The van der Waals surface area contributed by atoms with Gasteiger partial charge in [-0.25, -0.2) is 0 Å². The SMILES string of the molecule is COc1ccc(CC(=O)Nc2nnc(SCC(=O)N3CCc4ccccc43)s2)cc1OC. The molecule has 1 aliphatic rings. The number of aromatic nitrogens is 2. The van der Waals surface area contributed by atoms with Gasteiger partial charge in [0.25, 0.3) is 0 Å². The number of nitrogens with zero attached hydrogens (tertiary/aromatic N) is 3. The van der Waals surface area contributed by atoms with Gasteiger partial charge in [0.1, 0.15) is 0 Å². The first-order chi connectivity index (χ1) is 15.6. The molecule has 32 heavy (non-hydrogen) atoms. The van der Waals surface area contributed by atoms with E-state index < -0.39 is 0 Å². The second kappa shape index (κ2) is 10.0. The zero-order valence-electron chi connectivity index (χ0n) is 17.7. The summed E-state index contributed by atoms with van der Waals surface area (Å²) in [4.78, 5) is 26.8. The number of anilines is 2. The van der Waals surface area contributed by atoms with Crippen LogP contribution in [0.4, 0.5) is 10.8 Å². The normalized spacial score (nSPS) is 12.4. The average molecular weight is 471 g/mol. The molecule has 166 valence electrons. The van der Waals surface area contributed by atoms with E-state index in [4.69, 9.17) is 9.47 Å². The first kappa shape index (κ1) is 22.1. The first-order valence-electron chi connectivity index (χ1n) is 9.92. The standard InChI is InChI=1S/C22H22N4O4S2/c1-29-17-8-7-14(11-18(17)30-2)12-19(27)23-21-24-25-22(32-21)31-13-20(28)26-10-9-15-5-3-4-6-16(15)26/h3-8,11H,9-10,12-13H2,1-2H3,(H,23,24,27). The average Bonchev–Trinajstić information content (AvgIpc) is 3.44. The lowest BCUT2D eigenvalue weighted by Gasteiger charge is -2.16. The molecule has 4 rings (SSSR count). The summed E-state index contributed by atoms with van der Waals surface area (Å²) >= 11 is 2.57. The third-order valence-corrected chi connectivity index (χ3v) is 6.93. The number of rotatable bonds is 8. The number of methoxy groups -OCH3 is 2. The smallest absolute Gasteiger partial charge is 0.237 e. The monoisotopic (exact) mass is 470 g/mol. The van der Waals surface area contributed by atoms with Crippen molar-refractivity contribution in [2.45, 2.75) is 17.2 Å². The van der Waals surface area contributed by atoms with Crippen molar-refractivity contribution in [1.82, 2.24) is 10.2 Å². The van der Waals surface area contributed by atoms with Crippen molar-refractivity contribution in [2.24, 2.45) is 0 Å². The van der Waals surface area contributed by atoms with Crippen molar-refractivity contribution >= 4 is 45.7 Å². The number of fused-ring (bicyclic) bond motifs is 1. The van der Waals surface area contributed by atoms with E-state index >= 15 is 0 Å². The second-order valence-corrected chi connectivity index (χ2v) is 9.20. The number of nitrogens with one attached hydrogen (secondary N) is 1. The van der Waals surface area contributed by atoms with E-state index in [-0.39, 0.29) is 24.0 Å². The largest absolute Gasteiger partial charge is 0.493 e. The van der Waals surface area contributed by atoms with Crippen molar-refractivity contribution in [2.75, 3.05) is 36.7 Å². The van der Waals surface area contributed by atoms with Crippen LogP contribution >= 0.6 is 23.1 Å². The Morgan fingerprint density at radius 1 is 1.12 bits per heavy atom. The predicted octanol–water partition coefficient (Wildman–Crippen LogP) is 3.42. The van der Waals surface area contributed by atoms with E-state index in [2.05, 4.69) is 21.6 Å². The summed E-state index contributed by atoms with van der Waals surface area (Å²) in [6.07, 6.45) is 1.04. The molecule has 0 radical (unpaired) electrons. The fourth-order valence-electron chi connectivity index (χ4n) is 3.46. The van der Waals surface area contributed by atoms with E-state index in [0.29, 0.717) is 27.5 Å². The zero-order valence-corrected chi connectivity index (χ0v) is 19.3. The van der Waals surface area contributed by atoms with Crippen LogP contribution in [0.2, 0.25) is 0 Å². The predicted molar refractivity (Wildman–Crippen MR) is 125 cm³/mol. The molecule has 0 spiro atoms. The van der Waals surface area contributed by atoms with Crippen LogP contribution in [0.15, 0.2) is 46.8 Å². The molecule has 1 N–H and O–H groups in total. The van der Waals surface area contributed by atoms with Crippen molar-refractivity contribution in [3.05, 3.63) is 53.6 Å². The van der Waals surface area contributed by atoms with Gasteiger partial charge in [0.15, 0.2) is 15.8 Å². The van der Waals surface area contributed by atoms with E-state index in [1.807, 2.05) is 29.2 Å². The van der Waals surface area contributed by atoms with Gasteiger partial charge in [-0.2, -0.15) is 0 Å². The summed E-state index contributed by atoms with van der Waals surface area (Å²) in [6, 6.07) is 13.3. The minimum Gasteiger partial charge on any atom is -0.493 e. The van der Waals surface area contributed by atoms with Crippen LogP contribution in [-0.4, -0.2) is 48.5 Å². The number of benzene rings is 2. The van der Waals surface area contributed by atoms with Crippen LogP contribution in [0, 0.1) is 0 Å². The van der Waals surface area contributed by atoms with Gasteiger partial charge in [-0.3, -0.25) is 9.59 Å². The molecule has 8 nitrogen and oxygen atoms in total. The summed E-state index contributed by atoms with van der Waals surface area (Å²) in [7, 11) is 3.11. The fourth-order valence-corrected chi connectivity index (χ4v) is 5.10. The van der Waals surface area contributed by atoms with Crippen LogP contribution in [0.25, 0.3) is 0 Å². The van der Waals surface area contributed by atoms with Crippen LogP contribution < -0.4 is 19.7 Å². The molecule has 2 aromatic carbocycles. The molecule has 2 amide bonds. The maximum atomic E-state index is 12.6. The van der Waals surface area contributed by atoms with E-state index in [1.54, 1.807) is 26.4 Å². The number of amides is 2. The van der Waals surface area contributed by atoms with Crippen molar-refractivity contribution < 1.29 is 19.1 Å². The summed E-state index contributed by atoms with van der Waals surface area (Å²) in [5.41, 5.74) is 2.97. The first-order valence-corrected chi connectivity index (χ1v) is 11.7. The van der Waals surface area contributed by atoms with E-state index in [9.17, 15) is 9.59 Å². The minimum atomic E-state index is -0.213. The molecule has 1 aromatic heterocycles. The lowest BCUT2D eigenvalue weighted by atomic mass is 10.1. The minimum absolute atomic E-state index is 0.0363.